The monoisotopic (exact) mass is 281 g/mol. The van der Waals surface area contributed by atoms with Crippen LogP contribution in [0.2, 0.25) is 0 Å². The molecule has 1 amide bonds. The molecule has 3 nitrogen and oxygen atoms in total. The van der Waals surface area contributed by atoms with Crippen molar-refractivity contribution in [3.05, 3.63) is 65.7 Å². The van der Waals surface area contributed by atoms with E-state index in [1.807, 2.05) is 49.4 Å². The predicted molar refractivity (Wildman–Crippen MR) is 84.5 cm³/mol. The summed E-state index contributed by atoms with van der Waals surface area (Å²) in [6, 6.07) is 16.8. The van der Waals surface area contributed by atoms with Crippen LogP contribution >= 0.6 is 0 Å². The molecule has 0 spiro atoms. The van der Waals surface area contributed by atoms with Crippen LogP contribution in [0.4, 0.5) is 5.69 Å². The molecule has 0 saturated heterocycles. The number of para-hydroxylation sites is 1. The van der Waals surface area contributed by atoms with E-state index >= 15 is 0 Å². The van der Waals surface area contributed by atoms with Crippen LogP contribution < -0.4 is 5.32 Å². The summed E-state index contributed by atoms with van der Waals surface area (Å²) >= 11 is 0. The van der Waals surface area contributed by atoms with Gasteiger partial charge in [0, 0.05) is 24.1 Å². The third kappa shape index (κ3) is 4.28. The Morgan fingerprint density at radius 1 is 0.905 bits per heavy atom. The Hall–Kier alpha value is -2.42. The van der Waals surface area contributed by atoms with Crippen molar-refractivity contribution in [3.63, 3.8) is 0 Å². The van der Waals surface area contributed by atoms with Crippen molar-refractivity contribution in [2.45, 2.75) is 26.2 Å². The van der Waals surface area contributed by atoms with E-state index in [4.69, 9.17) is 0 Å². The maximum absolute atomic E-state index is 12.0. The molecule has 0 aromatic heterocycles. The van der Waals surface area contributed by atoms with Gasteiger partial charge in [0.2, 0.25) is 5.91 Å². The van der Waals surface area contributed by atoms with Gasteiger partial charge in [-0.2, -0.15) is 0 Å². The molecule has 0 aliphatic heterocycles. The smallest absolute Gasteiger partial charge is 0.224 e. The Balaban J connectivity index is 1.89. The summed E-state index contributed by atoms with van der Waals surface area (Å²) in [5.74, 6) is -0.130. The molecular weight excluding hydrogens is 262 g/mol. The maximum Gasteiger partial charge on any atom is 0.224 e. The fraction of sp³-hybridized carbons (Fsp3) is 0.222. The molecule has 108 valence electrons. The molecule has 1 N–H and O–H groups in total. The lowest BCUT2D eigenvalue weighted by Crippen LogP contribution is -2.14. The molecule has 3 heteroatoms. The summed E-state index contributed by atoms with van der Waals surface area (Å²) in [7, 11) is 0. The van der Waals surface area contributed by atoms with Gasteiger partial charge in [0.25, 0.3) is 0 Å². The largest absolute Gasteiger partial charge is 0.326 e. The Labute approximate surface area is 125 Å². The van der Waals surface area contributed by atoms with Crippen LogP contribution in [0.15, 0.2) is 54.6 Å². The number of aryl methyl sites for hydroxylation is 1. The molecule has 0 unspecified atom stereocenters. The number of Topliss-reactive ketones (excluding diaryl/α,β-unsaturated/α-hetero) is 1. The highest BCUT2D eigenvalue weighted by Gasteiger charge is 2.10. The number of nitrogens with one attached hydrogen (secondary N) is 1. The van der Waals surface area contributed by atoms with Crippen LogP contribution in [0, 0.1) is 0 Å². The second-order valence-corrected chi connectivity index (χ2v) is 4.85. The van der Waals surface area contributed by atoms with Gasteiger partial charge in [-0.25, -0.2) is 0 Å². The normalized spacial score (nSPS) is 10.1. The molecule has 0 atom stereocenters. The molecular formula is C18H19NO2. The van der Waals surface area contributed by atoms with Crippen LogP contribution in [-0.4, -0.2) is 11.7 Å². The van der Waals surface area contributed by atoms with Gasteiger partial charge in [0.1, 0.15) is 0 Å². The Morgan fingerprint density at radius 3 is 2.29 bits per heavy atom. The average Bonchev–Trinajstić information content (AvgIpc) is 2.54. The lowest BCUT2D eigenvalue weighted by atomic mass is 10.1. The van der Waals surface area contributed by atoms with E-state index < -0.39 is 0 Å². The Kier molecular flexibility index (Phi) is 5.27. The third-order valence-electron chi connectivity index (χ3n) is 3.35. The van der Waals surface area contributed by atoms with Gasteiger partial charge in [0.05, 0.1) is 0 Å². The molecule has 2 rings (SSSR count). The van der Waals surface area contributed by atoms with Gasteiger partial charge in [-0.15, -0.1) is 0 Å². The summed E-state index contributed by atoms with van der Waals surface area (Å²) in [6.45, 7) is 2.05. The minimum absolute atomic E-state index is 0.00507. The van der Waals surface area contributed by atoms with E-state index in [9.17, 15) is 9.59 Å². The number of hydrogen-bond acceptors (Lipinski definition) is 2. The van der Waals surface area contributed by atoms with Crippen LogP contribution in [0.3, 0.4) is 0 Å². The second-order valence-electron chi connectivity index (χ2n) is 4.85. The molecule has 0 saturated carbocycles. The zero-order valence-electron chi connectivity index (χ0n) is 12.1. The highest BCUT2D eigenvalue weighted by molar-refractivity contribution is 6.00. The minimum Gasteiger partial charge on any atom is -0.326 e. The van der Waals surface area contributed by atoms with Gasteiger partial charge >= 0.3 is 0 Å². The summed E-state index contributed by atoms with van der Waals surface area (Å²) in [4.78, 5) is 23.9. The van der Waals surface area contributed by atoms with Crippen molar-refractivity contribution in [2.75, 3.05) is 5.32 Å². The standard InChI is InChI=1S/C18H19NO2/c1-2-14-8-6-7-11-16(14)19-18(21)13-12-17(20)15-9-4-3-5-10-15/h3-11H,2,12-13H2,1H3,(H,19,21). The van der Waals surface area contributed by atoms with Crippen LogP contribution in [0.25, 0.3) is 0 Å². The van der Waals surface area contributed by atoms with Gasteiger partial charge < -0.3 is 5.32 Å². The Morgan fingerprint density at radius 2 is 1.57 bits per heavy atom. The van der Waals surface area contributed by atoms with Crippen molar-refractivity contribution in [1.29, 1.82) is 0 Å². The van der Waals surface area contributed by atoms with Crippen molar-refractivity contribution >= 4 is 17.4 Å². The number of hydrogen-bond donors (Lipinski definition) is 1. The molecule has 0 radical (unpaired) electrons. The zero-order chi connectivity index (χ0) is 15.1. The predicted octanol–water partition coefficient (Wildman–Crippen LogP) is 3.85. The fourth-order valence-corrected chi connectivity index (χ4v) is 2.16. The molecule has 2 aromatic carbocycles. The van der Waals surface area contributed by atoms with Crippen LogP contribution in [0.5, 0.6) is 0 Å². The molecule has 0 aliphatic carbocycles. The third-order valence-corrected chi connectivity index (χ3v) is 3.35. The van der Waals surface area contributed by atoms with Gasteiger partial charge in [-0.1, -0.05) is 55.5 Å². The Bertz CT molecular complexity index is 620. The van der Waals surface area contributed by atoms with Gasteiger partial charge in [-0.3, -0.25) is 9.59 Å². The summed E-state index contributed by atoms with van der Waals surface area (Å²) < 4.78 is 0. The summed E-state index contributed by atoms with van der Waals surface area (Å²) in [5, 5.41) is 2.88. The van der Waals surface area contributed by atoms with E-state index in [1.165, 1.54) is 0 Å². The van der Waals surface area contributed by atoms with E-state index in [2.05, 4.69) is 5.32 Å². The van der Waals surface area contributed by atoms with Crippen LogP contribution in [-0.2, 0) is 11.2 Å². The van der Waals surface area contributed by atoms with Crippen molar-refractivity contribution in [3.8, 4) is 0 Å². The minimum atomic E-state index is -0.125. The first kappa shape index (κ1) is 15.0. The topological polar surface area (TPSA) is 46.2 Å². The maximum atomic E-state index is 12.0. The van der Waals surface area contributed by atoms with Crippen molar-refractivity contribution in [2.24, 2.45) is 0 Å². The van der Waals surface area contributed by atoms with Crippen LogP contribution in [0.1, 0.15) is 35.7 Å². The number of rotatable bonds is 6. The first-order valence-corrected chi connectivity index (χ1v) is 7.16. The quantitative estimate of drug-likeness (QED) is 0.817. The molecule has 0 bridgehead atoms. The van der Waals surface area contributed by atoms with E-state index in [-0.39, 0.29) is 24.5 Å². The van der Waals surface area contributed by atoms with E-state index in [0.717, 1.165) is 17.7 Å². The first-order chi connectivity index (χ1) is 10.2. The van der Waals surface area contributed by atoms with Crippen molar-refractivity contribution in [1.82, 2.24) is 0 Å². The highest BCUT2D eigenvalue weighted by atomic mass is 16.2. The molecule has 2 aromatic rings. The first-order valence-electron chi connectivity index (χ1n) is 7.16. The summed E-state index contributed by atoms with van der Waals surface area (Å²) in [6.07, 6.45) is 1.29. The highest BCUT2D eigenvalue weighted by Crippen LogP contribution is 2.16. The molecule has 21 heavy (non-hydrogen) atoms. The number of amides is 1. The van der Waals surface area contributed by atoms with E-state index in [0.29, 0.717) is 5.56 Å². The SMILES string of the molecule is CCc1ccccc1NC(=O)CCC(=O)c1ccccc1. The number of carbonyl (C=O) groups excluding carboxylic acids is 2. The average molecular weight is 281 g/mol. The van der Waals surface area contributed by atoms with E-state index in [1.54, 1.807) is 12.1 Å². The summed E-state index contributed by atoms with van der Waals surface area (Å²) in [5.41, 5.74) is 2.58. The molecule has 0 aliphatic rings. The molecule has 0 fully saturated rings. The number of carbonyl (C=O) groups is 2. The lowest BCUT2D eigenvalue weighted by Gasteiger charge is -2.09. The fourth-order valence-electron chi connectivity index (χ4n) is 2.16. The second kappa shape index (κ2) is 7.39. The van der Waals surface area contributed by atoms with Gasteiger partial charge in [0.15, 0.2) is 5.78 Å². The van der Waals surface area contributed by atoms with Gasteiger partial charge in [-0.05, 0) is 18.1 Å². The van der Waals surface area contributed by atoms with Crippen molar-refractivity contribution < 1.29 is 9.59 Å². The lowest BCUT2D eigenvalue weighted by molar-refractivity contribution is -0.116. The number of ketones is 1. The zero-order valence-corrected chi connectivity index (χ0v) is 12.1. The number of anilines is 1. The number of benzene rings is 2. The molecule has 0 heterocycles.